The van der Waals surface area contributed by atoms with Gasteiger partial charge in [0.25, 0.3) is 0 Å². The van der Waals surface area contributed by atoms with E-state index in [1.165, 1.54) is 17.3 Å². The minimum absolute atomic E-state index is 0.106. The van der Waals surface area contributed by atoms with Crippen LogP contribution in [-0.4, -0.2) is 23.0 Å². The van der Waals surface area contributed by atoms with E-state index in [9.17, 15) is 4.79 Å². The monoisotopic (exact) mass is 329 g/mol. The number of hydrogen-bond donors (Lipinski definition) is 0. The number of methoxy groups -OCH3 is 1. The maximum absolute atomic E-state index is 12.2. The zero-order chi connectivity index (χ0) is 15.4. The third kappa shape index (κ3) is 3.54. The quantitative estimate of drug-likeness (QED) is 0.772. The van der Waals surface area contributed by atoms with Crippen LogP contribution in [0, 0.1) is 0 Å². The second-order valence-electron chi connectivity index (χ2n) is 4.74. The van der Waals surface area contributed by atoms with Gasteiger partial charge in [0.2, 0.25) is 0 Å². The smallest absolute Gasteiger partial charge is 0.173 e. The van der Waals surface area contributed by atoms with Crippen molar-refractivity contribution in [2.75, 3.05) is 12.9 Å². The Kier molecular flexibility index (Phi) is 4.85. The van der Waals surface area contributed by atoms with Crippen LogP contribution in [0.3, 0.4) is 0 Å². The van der Waals surface area contributed by atoms with Crippen molar-refractivity contribution in [1.29, 1.82) is 0 Å². The Bertz CT molecular complexity index is 711. The summed E-state index contributed by atoms with van der Waals surface area (Å²) in [5, 5.41) is 0. The molecule has 0 radical (unpaired) electrons. The molecule has 1 heterocycles. The number of carbonyl (C=O) groups excluding carboxylic acids is 1. The van der Waals surface area contributed by atoms with Crippen molar-refractivity contribution in [2.45, 2.75) is 5.75 Å². The van der Waals surface area contributed by atoms with Gasteiger partial charge in [-0.3, -0.25) is 4.79 Å². The highest BCUT2D eigenvalue weighted by Crippen LogP contribution is 2.34. The number of nitrogens with zero attached hydrogens (tertiary/aromatic N) is 1. The highest BCUT2D eigenvalue weighted by Gasteiger charge is 2.14. The summed E-state index contributed by atoms with van der Waals surface area (Å²) in [5.41, 5.74) is 2.97. The molecule has 0 spiro atoms. The lowest BCUT2D eigenvalue weighted by Crippen LogP contribution is -2.05. The van der Waals surface area contributed by atoms with Crippen LogP contribution in [0.5, 0.6) is 5.75 Å². The zero-order valence-electron chi connectivity index (χ0n) is 12.1. The van der Waals surface area contributed by atoms with E-state index in [0.717, 1.165) is 21.6 Å². The summed E-state index contributed by atoms with van der Waals surface area (Å²) in [6.07, 6.45) is 0. The molecular weight excluding hydrogens is 314 g/mol. The van der Waals surface area contributed by atoms with Crippen LogP contribution in [0.2, 0.25) is 0 Å². The van der Waals surface area contributed by atoms with Crippen molar-refractivity contribution < 1.29 is 9.53 Å². The van der Waals surface area contributed by atoms with Gasteiger partial charge < -0.3 is 4.74 Å². The predicted molar refractivity (Wildman–Crippen MR) is 94.6 cm³/mol. The van der Waals surface area contributed by atoms with E-state index in [-0.39, 0.29) is 5.78 Å². The molecule has 112 valence electrons. The van der Waals surface area contributed by atoms with Crippen LogP contribution >= 0.6 is 23.5 Å². The minimum Gasteiger partial charge on any atom is -0.497 e. The molecule has 0 atom stereocenters. The van der Waals surface area contributed by atoms with Gasteiger partial charge in [-0.15, -0.1) is 0 Å². The fourth-order valence-corrected chi connectivity index (χ4v) is 4.03. The molecule has 1 aliphatic rings. The fourth-order valence-electron chi connectivity index (χ4n) is 2.07. The van der Waals surface area contributed by atoms with Gasteiger partial charge in [-0.25, -0.2) is 4.99 Å². The Morgan fingerprint density at radius 1 is 1.23 bits per heavy atom. The topological polar surface area (TPSA) is 38.7 Å². The number of thioether (sulfide) groups is 2. The molecule has 0 saturated heterocycles. The van der Waals surface area contributed by atoms with Crippen molar-refractivity contribution in [2.24, 2.45) is 4.99 Å². The van der Waals surface area contributed by atoms with Gasteiger partial charge in [0.05, 0.1) is 18.6 Å². The summed E-state index contributed by atoms with van der Waals surface area (Å²) in [5.74, 6) is 2.18. The van der Waals surface area contributed by atoms with Crippen LogP contribution in [-0.2, 0) is 5.75 Å². The summed E-state index contributed by atoms with van der Waals surface area (Å²) < 4.78 is 6.06. The summed E-state index contributed by atoms with van der Waals surface area (Å²) in [6.45, 7) is 0. The molecule has 0 unspecified atom stereocenters. The van der Waals surface area contributed by atoms with Gasteiger partial charge in [0.15, 0.2) is 5.78 Å². The Morgan fingerprint density at radius 3 is 2.77 bits per heavy atom. The van der Waals surface area contributed by atoms with Gasteiger partial charge in [-0.2, -0.15) is 0 Å². The summed E-state index contributed by atoms with van der Waals surface area (Å²) >= 11 is 3.20. The Balaban J connectivity index is 1.63. The number of rotatable bonds is 4. The Morgan fingerprint density at radius 2 is 2.00 bits per heavy atom. The lowest BCUT2D eigenvalue weighted by molar-refractivity contribution is 0.102. The van der Waals surface area contributed by atoms with Crippen LogP contribution in [0.25, 0.3) is 0 Å². The molecule has 1 aliphatic heterocycles. The number of aliphatic imine (C=N–C) groups is 1. The summed E-state index contributed by atoms with van der Waals surface area (Å²) in [7, 11) is 1.61. The molecule has 0 fully saturated rings. The standard InChI is InChI=1S/C17H15NO2S2/c1-20-14-8-6-12(7-9-14)16(19)11-22-17-18-15-5-3-2-4-13(15)10-21-17/h2-9H,10-11H2,1H3. The molecule has 2 aromatic carbocycles. The SMILES string of the molecule is COc1ccc(C(=O)CSC2=Nc3ccccc3CS2)cc1. The molecular formula is C17H15NO2S2. The van der Waals surface area contributed by atoms with Crippen LogP contribution in [0.4, 0.5) is 5.69 Å². The van der Waals surface area contributed by atoms with Crippen LogP contribution < -0.4 is 4.74 Å². The zero-order valence-corrected chi connectivity index (χ0v) is 13.7. The number of fused-ring (bicyclic) bond motifs is 1. The number of hydrogen-bond acceptors (Lipinski definition) is 5. The maximum Gasteiger partial charge on any atom is 0.173 e. The van der Waals surface area contributed by atoms with Crippen molar-refractivity contribution in [1.82, 2.24) is 0 Å². The first-order chi connectivity index (χ1) is 10.8. The lowest BCUT2D eigenvalue weighted by atomic mass is 10.1. The van der Waals surface area contributed by atoms with Gasteiger partial charge in [-0.05, 0) is 35.9 Å². The fraction of sp³-hybridized carbons (Fsp3) is 0.176. The molecule has 0 bridgehead atoms. The number of ether oxygens (including phenoxy) is 1. The molecule has 2 aromatic rings. The van der Waals surface area contributed by atoms with E-state index in [4.69, 9.17) is 4.74 Å². The van der Waals surface area contributed by atoms with Gasteiger partial charge in [0, 0.05) is 11.3 Å². The van der Waals surface area contributed by atoms with E-state index in [1.807, 2.05) is 18.2 Å². The molecule has 22 heavy (non-hydrogen) atoms. The molecule has 0 aliphatic carbocycles. The highest BCUT2D eigenvalue weighted by molar-refractivity contribution is 8.38. The van der Waals surface area contributed by atoms with Gasteiger partial charge in [0.1, 0.15) is 10.1 Å². The third-order valence-corrected chi connectivity index (χ3v) is 5.54. The first-order valence-corrected chi connectivity index (χ1v) is 8.83. The number of carbonyl (C=O) groups is 1. The number of ketones is 1. The first kappa shape index (κ1) is 15.2. The van der Waals surface area contributed by atoms with E-state index < -0.39 is 0 Å². The molecule has 3 rings (SSSR count). The Labute approximate surface area is 138 Å². The third-order valence-electron chi connectivity index (χ3n) is 3.29. The van der Waals surface area contributed by atoms with E-state index >= 15 is 0 Å². The number of benzene rings is 2. The summed E-state index contributed by atoms with van der Waals surface area (Å²) in [6, 6.07) is 15.3. The molecule has 0 N–H and O–H groups in total. The molecule has 0 amide bonds. The van der Waals surface area contributed by atoms with E-state index in [0.29, 0.717) is 11.3 Å². The van der Waals surface area contributed by atoms with Crippen LogP contribution in [0.15, 0.2) is 53.5 Å². The van der Waals surface area contributed by atoms with Crippen molar-refractivity contribution >= 4 is 39.4 Å². The van der Waals surface area contributed by atoms with E-state index in [1.54, 1.807) is 43.1 Å². The van der Waals surface area contributed by atoms with Gasteiger partial charge >= 0.3 is 0 Å². The predicted octanol–water partition coefficient (Wildman–Crippen LogP) is 4.55. The number of para-hydroxylation sites is 1. The molecule has 5 heteroatoms. The van der Waals surface area contributed by atoms with E-state index in [2.05, 4.69) is 11.1 Å². The first-order valence-electron chi connectivity index (χ1n) is 6.86. The highest BCUT2D eigenvalue weighted by atomic mass is 32.2. The van der Waals surface area contributed by atoms with Crippen LogP contribution in [0.1, 0.15) is 15.9 Å². The second-order valence-corrected chi connectivity index (χ2v) is 6.92. The molecule has 0 saturated carbocycles. The largest absolute Gasteiger partial charge is 0.497 e. The van der Waals surface area contributed by atoms with Gasteiger partial charge in [-0.1, -0.05) is 41.7 Å². The minimum atomic E-state index is 0.106. The molecule has 0 aromatic heterocycles. The Hall–Kier alpha value is -1.72. The number of Topliss-reactive ketones (excluding diaryl/α,β-unsaturated/α-hetero) is 1. The van der Waals surface area contributed by atoms with Crippen molar-refractivity contribution in [3.05, 3.63) is 59.7 Å². The van der Waals surface area contributed by atoms with Crippen molar-refractivity contribution in [3.63, 3.8) is 0 Å². The van der Waals surface area contributed by atoms with Crippen molar-refractivity contribution in [3.8, 4) is 5.75 Å². The average Bonchev–Trinajstić information content (AvgIpc) is 2.59. The maximum atomic E-state index is 12.2. The average molecular weight is 329 g/mol. The normalized spacial score (nSPS) is 13.2. The summed E-state index contributed by atoms with van der Waals surface area (Å²) in [4.78, 5) is 16.8. The molecule has 3 nitrogen and oxygen atoms in total. The second kappa shape index (κ2) is 7.03. The lowest BCUT2D eigenvalue weighted by Gasteiger charge is -2.13.